The van der Waals surface area contributed by atoms with E-state index in [-0.39, 0.29) is 44.8 Å². The molecule has 5 aromatic carbocycles. The van der Waals surface area contributed by atoms with E-state index in [4.69, 9.17) is 9.47 Å². The molecule has 0 spiro atoms. The molecule has 0 atom stereocenters. The van der Waals surface area contributed by atoms with E-state index in [0.717, 1.165) is 9.80 Å². The lowest BCUT2D eigenvalue weighted by molar-refractivity contribution is 0.0686. The normalized spacial score (nSPS) is 13.4. The summed E-state index contributed by atoms with van der Waals surface area (Å²) in [5, 5.41) is 18.6. The summed E-state index contributed by atoms with van der Waals surface area (Å²) in [7, 11) is 0. The van der Waals surface area contributed by atoms with Crippen LogP contribution in [0.3, 0.4) is 0 Å². The summed E-state index contributed by atoms with van der Waals surface area (Å²) >= 11 is 0. The maximum Gasteiger partial charge on any atom is 0.335 e. The highest BCUT2D eigenvalue weighted by Crippen LogP contribution is 2.35. The Kier molecular flexibility index (Phi) is 7.02. The van der Waals surface area contributed by atoms with Crippen molar-refractivity contribution >= 4 is 46.9 Å². The summed E-state index contributed by atoms with van der Waals surface area (Å²) in [6, 6.07) is 26.7. The number of carboxylic acids is 2. The highest BCUT2D eigenvalue weighted by Gasteiger charge is 2.38. The number of ether oxygens (including phenoxy) is 2. The first kappa shape index (κ1) is 29.6. The number of carboxylic acid groups (broad SMARTS) is 2. The van der Waals surface area contributed by atoms with Crippen molar-refractivity contribution in [2.45, 2.75) is 0 Å². The highest BCUT2D eigenvalue weighted by molar-refractivity contribution is 6.35. The molecule has 234 valence electrons. The van der Waals surface area contributed by atoms with Gasteiger partial charge >= 0.3 is 11.9 Å². The number of carbonyl (C=O) groups is 6. The van der Waals surface area contributed by atoms with Crippen LogP contribution in [0, 0.1) is 0 Å². The van der Waals surface area contributed by atoms with Crippen LogP contribution in [0.1, 0.15) is 62.1 Å². The number of imide groups is 2. The van der Waals surface area contributed by atoms with E-state index in [1.54, 1.807) is 60.7 Å². The molecule has 0 fully saturated rings. The summed E-state index contributed by atoms with van der Waals surface area (Å²) in [6.45, 7) is 0. The summed E-state index contributed by atoms with van der Waals surface area (Å²) in [4.78, 5) is 77.0. The zero-order valence-electron chi connectivity index (χ0n) is 24.4. The quantitative estimate of drug-likeness (QED) is 0.185. The van der Waals surface area contributed by atoms with E-state index >= 15 is 0 Å². The van der Waals surface area contributed by atoms with E-state index in [9.17, 15) is 39.0 Å². The van der Waals surface area contributed by atoms with Gasteiger partial charge in [0, 0.05) is 18.2 Å². The van der Waals surface area contributed by atoms with Crippen molar-refractivity contribution in [3.8, 4) is 23.0 Å². The third-order valence-electron chi connectivity index (χ3n) is 7.70. The van der Waals surface area contributed by atoms with E-state index in [1.165, 1.54) is 48.5 Å². The van der Waals surface area contributed by atoms with Crippen LogP contribution in [0.2, 0.25) is 0 Å². The Balaban J connectivity index is 1.08. The standard InChI is InChI=1S/C36H20N2O10/c39-31-27-12-10-19(35(43)44)14-29(27)33(41)37(31)21-4-1-6-23(16-21)47-25-8-3-9-26(18-25)48-24-7-2-5-22(17-24)38-32(40)28-13-11-20(36(45)46)15-30(28)34(38)42/h1-18H,(H,43,44)(H,45,46). The van der Waals surface area contributed by atoms with E-state index in [2.05, 4.69) is 0 Å². The second kappa shape index (κ2) is 11.4. The van der Waals surface area contributed by atoms with Gasteiger partial charge in [0.15, 0.2) is 0 Å². The van der Waals surface area contributed by atoms with Gasteiger partial charge in [-0.2, -0.15) is 0 Å². The molecule has 2 N–H and O–H groups in total. The number of hydrogen-bond donors (Lipinski definition) is 2. The first-order chi connectivity index (χ1) is 23.1. The van der Waals surface area contributed by atoms with Crippen LogP contribution >= 0.6 is 0 Å². The summed E-state index contributed by atoms with van der Waals surface area (Å²) in [5.74, 6) is -3.62. The van der Waals surface area contributed by atoms with Gasteiger partial charge in [0.25, 0.3) is 23.6 Å². The average molecular weight is 641 g/mol. The summed E-state index contributed by atoms with van der Waals surface area (Å²) in [6.07, 6.45) is 0. The molecule has 0 saturated carbocycles. The van der Waals surface area contributed by atoms with Gasteiger partial charge < -0.3 is 19.7 Å². The van der Waals surface area contributed by atoms with Crippen LogP contribution in [0.4, 0.5) is 11.4 Å². The van der Waals surface area contributed by atoms with Crippen LogP contribution in [-0.4, -0.2) is 45.8 Å². The second-order valence-electron chi connectivity index (χ2n) is 10.7. The fourth-order valence-electron chi connectivity index (χ4n) is 5.46. The predicted molar refractivity (Wildman–Crippen MR) is 169 cm³/mol. The van der Waals surface area contributed by atoms with Gasteiger partial charge in [-0.25, -0.2) is 19.4 Å². The van der Waals surface area contributed by atoms with Crippen LogP contribution in [0.5, 0.6) is 23.0 Å². The molecule has 48 heavy (non-hydrogen) atoms. The van der Waals surface area contributed by atoms with Crippen LogP contribution in [0.15, 0.2) is 109 Å². The lowest BCUT2D eigenvalue weighted by atomic mass is 10.1. The summed E-state index contributed by atoms with van der Waals surface area (Å²) in [5.41, 5.74) is 0.427. The Morgan fingerprint density at radius 3 is 1.19 bits per heavy atom. The van der Waals surface area contributed by atoms with Crippen LogP contribution < -0.4 is 19.3 Å². The Bertz CT molecular complexity index is 2110. The molecule has 7 rings (SSSR count). The Morgan fingerprint density at radius 2 is 0.792 bits per heavy atom. The zero-order valence-corrected chi connectivity index (χ0v) is 24.4. The number of benzene rings is 5. The number of aromatic carboxylic acids is 2. The number of amides is 4. The van der Waals surface area contributed by atoms with Crippen LogP contribution in [0.25, 0.3) is 0 Å². The monoisotopic (exact) mass is 640 g/mol. The van der Waals surface area contributed by atoms with Crippen molar-refractivity contribution in [1.29, 1.82) is 0 Å². The molecule has 2 heterocycles. The molecule has 0 saturated heterocycles. The van der Waals surface area contributed by atoms with Gasteiger partial charge in [0.05, 0.1) is 44.8 Å². The molecule has 12 heteroatoms. The smallest absolute Gasteiger partial charge is 0.335 e. The zero-order chi connectivity index (χ0) is 33.7. The maximum absolute atomic E-state index is 13.1. The van der Waals surface area contributed by atoms with Gasteiger partial charge in [-0.1, -0.05) is 18.2 Å². The van der Waals surface area contributed by atoms with Gasteiger partial charge in [0.1, 0.15) is 23.0 Å². The SMILES string of the molecule is O=C(O)c1ccc2c(c1)C(=O)N(c1cccc(Oc3cccc(Oc4cccc(N5C(=O)c6ccc(C(=O)O)cc6C5=O)c4)c3)c1)C2=O. The first-order valence-electron chi connectivity index (χ1n) is 14.3. The molecular weight excluding hydrogens is 620 g/mol. The minimum atomic E-state index is -1.22. The number of anilines is 2. The lowest BCUT2D eigenvalue weighted by Gasteiger charge is -2.16. The molecule has 0 bridgehead atoms. The molecule has 5 aromatic rings. The molecule has 0 radical (unpaired) electrons. The maximum atomic E-state index is 13.1. The third-order valence-corrected chi connectivity index (χ3v) is 7.70. The molecule has 4 amide bonds. The highest BCUT2D eigenvalue weighted by atomic mass is 16.5. The number of fused-ring (bicyclic) bond motifs is 2. The molecular formula is C36H20N2O10. The fourth-order valence-corrected chi connectivity index (χ4v) is 5.46. The minimum absolute atomic E-state index is 0.00420. The van der Waals surface area contributed by atoms with E-state index < -0.39 is 35.6 Å². The Morgan fingerprint density at radius 1 is 0.438 bits per heavy atom. The number of carbonyl (C=O) groups excluding carboxylic acids is 4. The van der Waals surface area contributed by atoms with Gasteiger partial charge in [0.2, 0.25) is 0 Å². The third kappa shape index (κ3) is 5.08. The van der Waals surface area contributed by atoms with Crippen molar-refractivity contribution in [2.24, 2.45) is 0 Å². The van der Waals surface area contributed by atoms with Gasteiger partial charge in [-0.15, -0.1) is 0 Å². The van der Waals surface area contributed by atoms with Crippen molar-refractivity contribution < 1.29 is 48.5 Å². The Hall–Kier alpha value is -7.08. The van der Waals surface area contributed by atoms with Gasteiger partial charge in [-0.05, 0) is 72.8 Å². The molecule has 2 aliphatic rings. The molecule has 12 nitrogen and oxygen atoms in total. The topological polar surface area (TPSA) is 168 Å². The van der Waals surface area contributed by atoms with Crippen molar-refractivity contribution in [3.63, 3.8) is 0 Å². The summed E-state index contributed by atoms with van der Waals surface area (Å²) < 4.78 is 12.0. The minimum Gasteiger partial charge on any atom is -0.478 e. The Labute approximate surface area is 270 Å². The molecule has 0 unspecified atom stereocenters. The van der Waals surface area contributed by atoms with E-state index in [0.29, 0.717) is 23.0 Å². The predicted octanol–water partition coefficient (Wildman–Crippen LogP) is 6.27. The fraction of sp³-hybridized carbons (Fsp3) is 0. The molecule has 0 aromatic heterocycles. The average Bonchev–Trinajstić information content (AvgIpc) is 3.48. The number of rotatable bonds is 8. The van der Waals surface area contributed by atoms with Crippen molar-refractivity contribution in [1.82, 2.24) is 0 Å². The van der Waals surface area contributed by atoms with Crippen molar-refractivity contribution in [2.75, 3.05) is 9.80 Å². The number of nitrogens with zero attached hydrogens (tertiary/aromatic N) is 2. The largest absolute Gasteiger partial charge is 0.478 e. The van der Waals surface area contributed by atoms with Crippen LogP contribution in [-0.2, 0) is 0 Å². The van der Waals surface area contributed by atoms with E-state index in [1.807, 2.05) is 0 Å². The second-order valence-corrected chi connectivity index (χ2v) is 10.7. The molecule has 0 aliphatic carbocycles. The molecule has 2 aliphatic heterocycles. The van der Waals surface area contributed by atoms with Gasteiger partial charge in [-0.3, -0.25) is 19.2 Å². The lowest BCUT2D eigenvalue weighted by Crippen LogP contribution is -2.29. The van der Waals surface area contributed by atoms with Crippen molar-refractivity contribution in [3.05, 3.63) is 143 Å². The first-order valence-corrected chi connectivity index (χ1v) is 14.3. The number of hydrogen-bond acceptors (Lipinski definition) is 8.